The highest BCUT2D eigenvalue weighted by molar-refractivity contribution is 6.32. The van der Waals surface area contributed by atoms with E-state index < -0.39 is 28.6 Å². The van der Waals surface area contributed by atoms with Gasteiger partial charge >= 0.3 is 6.18 Å². The smallest absolute Gasteiger partial charge is 0.322 e. The lowest BCUT2D eigenvalue weighted by Crippen LogP contribution is -2.43. The summed E-state index contributed by atoms with van der Waals surface area (Å²) in [5, 5.41) is 6.38. The van der Waals surface area contributed by atoms with E-state index in [4.69, 9.17) is 11.6 Å². The molecule has 0 saturated carbocycles. The summed E-state index contributed by atoms with van der Waals surface area (Å²) in [5.74, 6) is -1.10. The maximum Gasteiger partial charge on any atom is 0.417 e. The summed E-state index contributed by atoms with van der Waals surface area (Å²) in [5.41, 5.74) is 0.517. The highest BCUT2D eigenvalue weighted by Gasteiger charge is 2.37. The van der Waals surface area contributed by atoms with Crippen LogP contribution in [0.15, 0.2) is 42.7 Å². The summed E-state index contributed by atoms with van der Waals surface area (Å²) in [6.45, 7) is 3.71. The minimum atomic E-state index is -4.61. The Kier molecular flexibility index (Phi) is 5.41. The average Bonchev–Trinajstić information content (AvgIpc) is 3.16. The third-order valence-corrected chi connectivity index (χ3v) is 5.39. The molecule has 2 aromatic heterocycles. The molecular formula is C21H17ClF3N5O2. The van der Waals surface area contributed by atoms with Gasteiger partial charge in [0.05, 0.1) is 28.4 Å². The maximum atomic E-state index is 13.3. The van der Waals surface area contributed by atoms with Crippen molar-refractivity contribution in [3.63, 3.8) is 0 Å². The number of amides is 2. The van der Waals surface area contributed by atoms with Gasteiger partial charge in [0.25, 0.3) is 11.8 Å². The second kappa shape index (κ2) is 7.94. The van der Waals surface area contributed by atoms with Gasteiger partial charge in [-0.25, -0.2) is 0 Å². The predicted octanol–water partition coefficient (Wildman–Crippen LogP) is 4.73. The van der Waals surface area contributed by atoms with Crippen molar-refractivity contribution in [3.05, 3.63) is 70.3 Å². The summed E-state index contributed by atoms with van der Waals surface area (Å²) in [6, 6.07) is 6.08. The van der Waals surface area contributed by atoms with Gasteiger partial charge in [-0.2, -0.15) is 18.3 Å². The second-order valence-corrected chi connectivity index (χ2v) is 7.83. The van der Waals surface area contributed by atoms with Crippen molar-refractivity contribution in [2.24, 2.45) is 0 Å². The van der Waals surface area contributed by atoms with Gasteiger partial charge in [0, 0.05) is 29.8 Å². The van der Waals surface area contributed by atoms with Gasteiger partial charge in [0.15, 0.2) is 0 Å². The van der Waals surface area contributed by atoms with Crippen molar-refractivity contribution >= 4 is 34.8 Å². The SMILES string of the molecule is Cc1cc(NC(=O)c2cnn3c2C(=O)N(c2ccc(C(F)(F)F)c(Cl)c2)C[C@@H]3C)ccn1. The third kappa shape index (κ3) is 3.93. The zero-order valence-corrected chi connectivity index (χ0v) is 17.7. The molecule has 7 nitrogen and oxygen atoms in total. The fourth-order valence-electron chi connectivity index (χ4n) is 3.57. The number of anilines is 2. The van der Waals surface area contributed by atoms with E-state index in [1.807, 2.05) is 0 Å². The Morgan fingerprint density at radius 3 is 2.66 bits per heavy atom. The first-order chi connectivity index (χ1) is 15.1. The van der Waals surface area contributed by atoms with Crippen LogP contribution in [0.2, 0.25) is 5.02 Å². The van der Waals surface area contributed by atoms with Crippen LogP contribution < -0.4 is 10.2 Å². The second-order valence-electron chi connectivity index (χ2n) is 7.42. The van der Waals surface area contributed by atoms with Crippen LogP contribution in [0.3, 0.4) is 0 Å². The molecule has 0 spiro atoms. The van der Waals surface area contributed by atoms with Crippen molar-refractivity contribution in [1.82, 2.24) is 14.8 Å². The molecule has 3 heterocycles. The largest absolute Gasteiger partial charge is 0.417 e. The van der Waals surface area contributed by atoms with E-state index in [0.29, 0.717) is 11.4 Å². The summed E-state index contributed by atoms with van der Waals surface area (Å²) in [6.07, 6.45) is -1.76. The first-order valence-electron chi connectivity index (χ1n) is 9.56. The average molecular weight is 464 g/mol. The van der Waals surface area contributed by atoms with E-state index in [9.17, 15) is 22.8 Å². The van der Waals surface area contributed by atoms with Crippen LogP contribution >= 0.6 is 11.6 Å². The monoisotopic (exact) mass is 463 g/mol. The van der Waals surface area contributed by atoms with E-state index in [2.05, 4.69) is 15.4 Å². The lowest BCUT2D eigenvalue weighted by atomic mass is 10.1. The van der Waals surface area contributed by atoms with Gasteiger partial charge in [-0.3, -0.25) is 19.3 Å². The van der Waals surface area contributed by atoms with Crippen LogP contribution in [-0.4, -0.2) is 33.1 Å². The number of alkyl halides is 3. The zero-order valence-electron chi connectivity index (χ0n) is 16.9. The zero-order chi connectivity index (χ0) is 23.2. The maximum absolute atomic E-state index is 13.3. The van der Waals surface area contributed by atoms with E-state index in [-0.39, 0.29) is 29.5 Å². The summed E-state index contributed by atoms with van der Waals surface area (Å²) < 4.78 is 40.6. The Labute approximate surface area is 185 Å². The number of halogens is 4. The summed E-state index contributed by atoms with van der Waals surface area (Å²) in [7, 11) is 0. The number of carbonyl (C=O) groups is 2. The van der Waals surface area contributed by atoms with Crippen molar-refractivity contribution < 1.29 is 22.8 Å². The van der Waals surface area contributed by atoms with Crippen LogP contribution in [0.4, 0.5) is 24.5 Å². The van der Waals surface area contributed by atoms with Crippen LogP contribution in [0.1, 0.15) is 45.1 Å². The van der Waals surface area contributed by atoms with E-state index >= 15 is 0 Å². The minimum Gasteiger partial charge on any atom is -0.322 e. The number of rotatable bonds is 3. The molecule has 3 aromatic rings. The van der Waals surface area contributed by atoms with Gasteiger partial charge in [0.2, 0.25) is 0 Å². The topological polar surface area (TPSA) is 80.1 Å². The molecule has 32 heavy (non-hydrogen) atoms. The van der Waals surface area contributed by atoms with Gasteiger partial charge < -0.3 is 10.2 Å². The van der Waals surface area contributed by atoms with Gasteiger partial charge in [-0.05, 0) is 44.2 Å². The number of aryl methyl sites for hydroxylation is 1. The van der Waals surface area contributed by atoms with E-state index in [0.717, 1.165) is 12.1 Å². The van der Waals surface area contributed by atoms with Gasteiger partial charge in [-0.15, -0.1) is 0 Å². The first kappa shape index (κ1) is 21.8. The Bertz CT molecular complexity index is 1220. The standard InChI is InChI=1S/C21H17ClF3N5O2/c1-11-7-13(5-6-26-11)28-19(31)15-9-27-30-12(2)10-29(20(32)18(15)30)14-3-4-16(17(22)8-14)21(23,24)25/h3-9,12H,10H2,1-2H3,(H,26,28,31)/t12-/m0/s1. The molecule has 1 atom stereocenters. The van der Waals surface area contributed by atoms with Crippen LogP contribution in [-0.2, 0) is 6.18 Å². The third-order valence-electron chi connectivity index (χ3n) is 5.08. The quantitative estimate of drug-likeness (QED) is 0.609. The molecule has 0 aliphatic carbocycles. The molecule has 11 heteroatoms. The molecule has 1 aliphatic rings. The van der Waals surface area contributed by atoms with Crippen LogP contribution in [0, 0.1) is 6.92 Å². The molecule has 166 valence electrons. The molecule has 1 aliphatic heterocycles. The Hall–Kier alpha value is -3.40. The summed E-state index contributed by atoms with van der Waals surface area (Å²) in [4.78, 5) is 31.5. The molecule has 1 N–H and O–H groups in total. The number of nitrogens with zero attached hydrogens (tertiary/aromatic N) is 4. The number of nitrogens with one attached hydrogen (secondary N) is 1. The fourth-order valence-corrected chi connectivity index (χ4v) is 3.86. The fraction of sp³-hybridized carbons (Fsp3) is 0.238. The summed E-state index contributed by atoms with van der Waals surface area (Å²) >= 11 is 5.84. The van der Waals surface area contributed by atoms with Gasteiger partial charge in [0.1, 0.15) is 5.69 Å². The molecule has 0 unspecified atom stereocenters. The lowest BCUT2D eigenvalue weighted by Gasteiger charge is -2.32. The lowest BCUT2D eigenvalue weighted by molar-refractivity contribution is -0.137. The van der Waals surface area contributed by atoms with E-state index in [1.54, 1.807) is 32.2 Å². The molecule has 0 saturated heterocycles. The van der Waals surface area contributed by atoms with Crippen LogP contribution in [0.5, 0.6) is 0 Å². The predicted molar refractivity (Wildman–Crippen MR) is 112 cm³/mol. The number of carbonyl (C=O) groups excluding carboxylic acids is 2. The highest BCUT2D eigenvalue weighted by Crippen LogP contribution is 2.37. The van der Waals surface area contributed by atoms with Crippen molar-refractivity contribution in [1.29, 1.82) is 0 Å². The van der Waals surface area contributed by atoms with Gasteiger partial charge in [-0.1, -0.05) is 11.6 Å². The minimum absolute atomic E-state index is 0.0445. The molecule has 2 amide bonds. The molecule has 4 rings (SSSR count). The Morgan fingerprint density at radius 2 is 2.00 bits per heavy atom. The molecule has 1 aromatic carbocycles. The molecule has 0 radical (unpaired) electrons. The van der Waals surface area contributed by atoms with E-state index in [1.165, 1.54) is 21.8 Å². The number of pyridine rings is 1. The Morgan fingerprint density at radius 1 is 1.25 bits per heavy atom. The number of hydrogen-bond donors (Lipinski definition) is 1. The number of fused-ring (bicyclic) bond motifs is 1. The number of hydrogen-bond acceptors (Lipinski definition) is 4. The molecular weight excluding hydrogens is 447 g/mol. The highest BCUT2D eigenvalue weighted by atomic mass is 35.5. The first-order valence-corrected chi connectivity index (χ1v) is 9.94. The number of benzene rings is 1. The molecule has 0 fully saturated rings. The van der Waals surface area contributed by atoms with Crippen molar-refractivity contribution in [3.8, 4) is 0 Å². The van der Waals surface area contributed by atoms with Crippen molar-refractivity contribution in [2.45, 2.75) is 26.1 Å². The Balaban J connectivity index is 1.67. The number of aromatic nitrogens is 3. The van der Waals surface area contributed by atoms with Crippen LogP contribution in [0.25, 0.3) is 0 Å². The van der Waals surface area contributed by atoms with Crippen molar-refractivity contribution in [2.75, 3.05) is 16.8 Å². The molecule has 0 bridgehead atoms. The normalized spacial score (nSPS) is 16.1.